The number of ketones is 1. The number of carbonyl (C=O) groups excluding carboxylic acids is 1. The van der Waals surface area contributed by atoms with Crippen molar-refractivity contribution in [1.82, 2.24) is 9.72 Å². The Kier molecular flexibility index (Phi) is 5.76. The zero-order valence-corrected chi connectivity index (χ0v) is 17.8. The average Bonchev–Trinajstić information content (AvgIpc) is 2.79. The number of hydrogen-bond acceptors (Lipinski definition) is 5. The maximum atomic E-state index is 13.8. The molecule has 2 aromatic heterocycles. The molecule has 1 N–H and O–H groups in total. The number of thioether (sulfide) groups is 1. The summed E-state index contributed by atoms with van der Waals surface area (Å²) in [5.41, 5.74) is 2.81. The first kappa shape index (κ1) is 20.4. The Morgan fingerprint density at radius 1 is 1.23 bits per heavy atom. The number of Topliss-reactive ketones (excluding diaryl/α,β-unsaturated/α-hetero) is 1. The third-order valence-corrected chi connectivity index (χ3v) is 6.69. The van der Waals surface area contributed by atoms with E-state index in [0.29, 0.717) is 28.3 Å². The quantitative estimate of drug-likeness (QED) is 0.514. The van der Waals surface area contributed by atoms with Crippen LogP contribution in [0.2, 0.25) is 0 Å². The molecule has 1 aliphatic heterocycles. The number of pyridine rings is 2. The second kappa shape index (κ2) is 8.47. The molecule has 30 heavy (non-hydrogen) atoms. The summed E-state index contributed by atoms with van der Waals surface area (Å²) in [4.78, 5) is 27.2. The molecule has 0 bridgehead atoms. The van der Waals surface area contributed by atoms with E-state index in [1.165, 1.54) is 21.7 Å². The van der Waals surface area contributed by atoms with Gasteiger partial charge in [-0.3, -0.25) is 14.0 Å². The van der Waals surface area contributed by atoms with Crippen LogP contribution in [0.3, 0.4) is 0 Å². The molecule has 0 amide bonds. The lowest BCUT2D eigenvalue weighted by Gasteiger charge is -2.30. The predicted molar refractivity (Wildman–Crippen MR) is 119 cm³/mol. The van der Waals surface area contributed by atoms with Crippen LogP contribution < -0.4 is 10.9 Å². The summed E-state index contributed by atoms with van der Waals surface area (Å²) in [5.74, 6) is 0.247. The molecule has 0 aliphatic carbocycles. The van der Waals surface area contributed by atoms with Gasteiger partial charge in [-0.05, 0) is 55.7 Å². The molecule has 1 fully saturated rings. The Balaban J connectivity index is 1.84. The van der Waals surface area contributed by atoms with Gasteiger partial charge >= 0.3 is 0 Å². The fourth-order valence-corrected chi connectivity index (χ4v) is 5.14. The molecule has 1 aliphatic rings. The molecule has 4 rings (SSSR count). The zero-order valence-electron chi connectivity index (χ0n) is 17.0. The number of fused-ring (bicyclic) bond motifs is 1. The smallest absolute Gasteiger partial charge is 0.274 e. The normalized spacial score (nSPS) is 18.8. The minimum absolute atomic E-state index is 0.0318. The number of nitriles is 1. The maximum Gasteiger partial charge on any atom is 0.274 e. The molecule has 0 saturated carbocycles. The van der Waals surface area contributed by atoms with Crippen LogP contribution in [0.5, 0.6) is 0 Å². The first-order valence-electron chi connectivity index (χ1n) is 10.0. The average molecular weight is 418 g/mol. The highest BCUT2D eigenvalue weighted by molar-refractivity contribution is 7.98. The zero-order chi connectivity index (χ0) is 21.3. The lowest BCUT2D eigenvalue weighted by molar-refractivity contribution is 0.0919. The van der Waals surface area contributed by atoms with Crippen molar-refractivity contribution in [2.75, 3.05) is 12.8 Å². The summed E-state index contributed by atoms with van der Waals surface area (Å²) < 4.78 is 1.44. The SMILES string of the molecule is CSc1c(C#N)c(=O)n2cccc(C)c2c1C(=O)C1CC(c2ccccc2)CCN1. The minimum atomic E-state index is -0.379. The van der Waals surface area contributed by atoms with Gasteiger partial charge in [-0.25, -0.2) is 0 Å². The number of nitrogens with zero attached hydrogens (tertiary/aromatic N) is 2. The highest BCUT2D eigenvalue weighted by Gasteiger charge is 2.32. The van der Waals surface area contributed by atoms with Crippen molar-refractivity contribution in [3.05, 3.63) is 81.3 Å². The van der Waals surface area contributed by atoms with Crippen LogP contribution in [0.4, 0.5) is 0 Å². The van der Waals surface area contributed by atoms with Crippen molar-refractivity contribution in [2.45, 2.75) is 36.6 Å². The molecule has 152 valence electrons. The molecular formula is C24H23N3O2S. The fraction of sp³-hybridized carbons (Fsp3) is 0.292. The molecule has 2 unspecified atom stereocenters. The van der Waals surface area contributed by atoms with Gasteiger partial charge in [0, 0.05) is 11.1 Å². The van der Waals surface area contributed by atoms with Crippen molar-refractivity contribution >= 4 is 23.1 Å². The Bertz CT molecular complexity index is 1210. The third kappa shape index (κ3) is 3.45. The third-order valence-electron chi connectivity index (χ3n) is 5.87. The van der Waals surface area contributed by atoms with E-state index in [4.69, 9.17) is 0 Å². The van der Waals surface area contributed by atoms with Crippen LogP contribution in [-0.4, -0.2) is 29.0 Å². The topological polar surface area (TPSA) is 74.4 Å². The van der Waals surface area contributed by atoms with E-state index in [-0.39, 0.29) is 22.9 Å². The van der Waals surface area contributed by atoms with Crippen molar-refractivity contribution in [3.63, 3.8) is 0 Å². The molecule has 2 atom stereocenters. The van der Waals surface area contributed by atoms with Crippen LogP contribution in [0, 0.1) is 18.3 Å². The summed E-state index contributed by atoms with van der Waals surface area (Å²) >= 11 is 1.29. The van der Waals surface area contributed by atoms with E-state index in [2.05, 4.69) is 17.4 Å². The van der Waals surface area contributed by atoms with Crippen molar-refractivity contribution in [1.29, 1.82) is 5.26 Å². The monoisotopic (exact) mass is 417 g/mol. The van der Waals surface area contributed by atoms with Gasteiger partial charge in [-0.2, -0.15) is 5.26 Å². The largest absolute Gasteiger partial charge is 0.307 e. The second-order valence-corrected chi connectivity index (χ2v) is 8.43. The van der Waals surface area contributed by atoms with Crippen molar-refractivity contribution < 1.29 is 4.79 Å². The first-order valence-corrected chi connectivity index (χ1v) is 11.2. The first-order chi connectivity index (χ1) is 14.6. The summed E-state index contributed by atoms with van der Waals surface area (Å²) in [6.07, 6.45) is 5.10. The van der Waals surface area contributed by atoms with E-state index < -0.39 is 0 Å². The minimum Gasteiger partial charge on any atom is -0.307 e. The number of aryl methyl sites for hydroxylation is 1. The van der Waals surface area contributed by atoms with E-state index in [9.17, 15) is 14.9 Å². The lowest BCUT2D eigenvalue weighted by Crippen LogP contribution is -2.43. The number of carbonyl (C=O) groups is 1. The van der Waals surface area contributed by atoms with Gasteiger partial charge in [0.1, 0.15) is 11.6 Å². The number of nitrogens with one attached hydrogen (secondary N) is 1. The van der Waals surface area contributed by atoms with Crippen LogP contribution in [0.15, 0.2) is 58.4 Å². The Morgan fingerprint density at radius 3 is 2.70 bits per heavy atom. The van der Waals surface area contributed by atoms with Gasteiger partial charge in [0.05, 0.1) is 17.1 Å². The van der Waals surface area contributed by atoms with Crippen LogP contribution in [0.1, 0.15) is 45.8 Å². The number of aromatic nitrogens is 1. The van der Waals surface area contributed by atoms with Crippen LogP contribution in [-0.2, 0) is 0 Å². The number of benzene rings is 1. The van der Waals surface area contributed by atoms with Gasteiger partial charge in [0.25, 0.3) is 5.56 Å². The molecule has 5 nitrogen and oxygen atoms in total. The number of hydrogen-bond donors (Lipinski definition) is 1. The molecular weight excluding hydrogens is 394 g/mol. The maximum absolute atomic E-state index is 13.8. The molecule has 3 aromatic rings. The predicted octanol–water partition coefficient (Wildman–Crippen LogP) is 3.92. The molecule has 1 aromatic carbocycles. The van der Waals surface area contributed by atoms with Gasteiger partial charge in [-0.15, -0.1) is 11.8 Å². The summed E-state index contributed by atoms with van der Waals surface area (Å²) in [6, 6.07) is 15.6. The standard InChI is InChI=1S/C24H23N3O2S/c1-15-7-6-12-27-21(15)20(23(30-2)18(14-25)24(27)29)22(28)19-13-17(10-11-26-19)16-8-4-3-5-9-16/h3-9,12,17,19,26H,10-11,13H2,1-2H3. The van der Waals surface area contributed by atoms with Gasteiger partial charge in [0.15, 0.2) is 5.78 Å². The van der Waals surface area contributed by atoms with Gasteiger partial charge in [-0.1, -0.05) is 36.4 Å². The molecule has 0 spiro atoms. The van der Waals surface area contributed by atoms with E-state index in [1.54, 1.807) is 12.3 Å². The van der Waals surface area contributed by atoms with E-state index >= 15 is 0 Å². The summed E-state index contributed by atoms with van der Waals surface area (Å²) in [7, 11) is 0. The highest BCUT2D eigenvalue weighted by atomic mass is 32.2. The van der Waals surface area contributed by atoms with Gasteiger partial charge < -0.3 is 5.32 Å². The van der Waals surface area contributed by atoms with Crippen LogP contribution in [0.25, 0.3) is 5.52 Å². The van der Waals surface area contributed by atoms with E-state index in [0.717, 1.165) is 18.5 Å². The molecule has 0 radical (unpaired) electrons. The van der Waals surface area contributed by atoms with Crippen molar-refractivity contribution in [2.24, 2.45) is 0 Å². The Labute approximate surface area is 179 Å². The summed E-state index contributed by atoms with van der Waals surface area (Å²) in [5, 5.41) is 13.0. The molecule has 1 saturated heterocycles. The fourth-order valence-electron chi connectivity index (χ4n) is 4.40. The van der Waals surface area contributed by atoms with Crippen LogP contribution >= 0.6 is 11.8 Å². The number of piperidine rings is 1. The number of rotatable bonds is 4. The molecule has 6 heteroatoms. The van der Waals surface area contributed by atoms with Crippen molar-refractivity contribution in [3.8, 4) is 6.07 Å². The van der Waals surface area contributed by atoms with E-state index in [1.807, 2.05) is 43.5 Å². The lowest BCUT2D eigenvalue weighted by atomic mass is 9.83. The second-order valence-electron chi connectivity index (χ2n) is 7.61. The highest BCUT2D eigenvalue weighted by Crippen LogP contribution is 2.33. The van der Waals surface area contributed by atoms with Gasteiger partial charge in [0.2, 0.25) is 0 Å². The Morgan fingerprint density at radius 2 is 2.00 bits per heavy atom. The Hall–Kier alpha value is -2.88. The molecule has 3 heterocycles. The summed E-state index contributed by atoms with van der Waals surface area (Å²) in [6.45, 7) is 2.64.